The molecule has 8 heteroatoms. The Balaban J connectivity index is 1.73. The predicted octanol–water partition coefficient (Wildman–Crippen LogP) is 1.39. The molecule has 2 aliphatic rings. The van der Waals surface area contributed by atoms with Gasteiger partial charge < -0.3 is 15.0 Å². The minimum Gasteiger partial charge on any atom is -0.376 e. The predicted molar refractivity (Wildman–Crippen MR) is 94.3 cm³/mol. The van der Waals surface area contributed by atoms with Crippen LogP contribution in [0.1, 0.15) is 31.9 Å². The van der Waals surface area contributed by atoms with E-state index >= 15 is 0 Å². The molecule has 2 saturated heterocycles. The first kappa shape index (κ1) is 17.4. The van der Waals surface area contributed by atoms with E-state index in [4.69, 9.17) is 4.74 Å². The summed E-state index contributed by atoms with van der Waals surface area (Å²) in [6.07, 6.45) is 3.05. The molecule has 0 aliphatic carbocycles. The van der Waals surface area contributed by atoms with E-state index in [1.807, 2.05) is 19.9 Å². The van der Waals surface area contributed by atoms with E-state index in [-0.39, 0.29) is 23.7 Å². The summed E-state index contributed by atoms with van der Waals surface area (Å²) in [5, 5.41) is 3.26. The van der Waals surface area contributed by atoms with Crippen LogP contribution < -0.4 is 10.2 Å². The molecular formula is C16H26N4O3S. The van der Waals surface area contributed by atoms with Crippen molar-refractivity contribution in [3.63, 3.8) is 0 Å². The first-order chi connectivity index (χ1) is 11.5. The number of hydrogen-bond acceptors (Lipinski definition) is 7. The lowest BCUT2D eigenvalue weighted by atomic mass is 10.2. The van der Waals surface area contributed by atoms with Crippen LogP contribution in [0.15, 0.2) is 6.07 Å². The van der Waals surface area contributed by atoms with Gasteiger partial charge in [-0.2, -0.15) is 4.98 Å². The molecule has 0 aromatic carbocycles. The lowest BCUT2D eigenvalue weighted by molar-refractivity contribution is 0.120. The number of nitrogens with one attached hydrogen (secondary N) is 1. The van der Waals surface area contributed by atoms with Crippen molar-refractivity contribution < 1.29 is 13.2 Å². The van der Waals surface area contributed by atoms with Gasteiger partial charge in [0.25, 0.3) is 0 Å². The van der Waals surface area contributed by atoms with Crippen molar-refractivity contribution >= 4 is 21.6 Å². The Bertz CT molecular complexity index is 674. The zero-order valence-electron chi connectivity index (χ0n) is 14.4. The van der Waals surface area contributed by atoms with Crippen molar-refractivity contribution in [2.45, 2.75) is 45.3 Å². The lowest BCUT2D eigenvalue weighted by Crippen LogP contribution is -2.37. The summed E-state index contributed by atoms with van der Waals surface area (Å²) in [5.41, 5.74) is 0.870. The molecule has 134 valence electrons. The first-order valence-corrected chi connectivity index (χ1v) is 10.5. The van der Waals surface area contributed by atoms with E-state index in [1.54, 1.807) is 0 Å². The molecule has 1 N–H and O–H groups in total. The van der Waals surface area contributed by atoms with Gasteiger partial charge in [0.2, 0.25) is 5.95 Å². The highest BCUT2D eigenvalue weighted by Gasteiger charge is 2.32. The maximum atomic E-state index is 11.8. The number of nitrogens with zero attached hydrogens (tertiary/aromatic N) is 3. The van der Waals surface area contributed by atoms with E-state index < -0.39 is 9.84 Å². The molecule has 0 radical (unpaired) electrons. The molecule has 3 rings (SSSR count). The van der Waals surface area contributed by atoms with Crippen molar-refractivity contribution in [3.05, 3.63) is 11.8 Å². The molecule has 2 aliphatic heterocycles. The Labute approximate surface area is 143 Å². The van der Waals surface area contributed by atoms with Gasteiger partial charge in [0.1, 0.15) is 5.82 Å². The largest absolute Gasteiger partial charge is 0.376 e. The molecule has 0 saturated carbocycles. The molecule has 2 unspecified atom stereocenters. The molecule has 7 nitrogen and oxygen atoms in total. The average molecular weight is 354 g/mol. The smallest absolute Gasteiger partial charge is 0.224 e. The fraction of sp³-hybridized carbons (Fsp3) is 0.750. The Hall–Kier alpha value is -1.41. The van der Waals surface area contributed by atoms with Gasteiger partial charge >= 0.3 is 0 Å². The second kappa shape index (κ2) is 7.23. The van der Waals surface area contributed by atoms with Crippen LogP contribution in [-0.2, 0) is 14.6 Å². The summed E-state index contributed by atoms with van der Waals surface area (Å²) in [5.74, 6) is 1.85. The third kappa shape index (κ3) is 4.16. The highest BCUT2D eigenvalue weighted by Crippen LogP contribution is 2.24. The van der Waals surface area contributed by atoms with Crippen molar-refractivity contribution in [3.8, 4) is 0 Å². The molecule has 24 heavy (non-hydrogen) atoms. The van der Waals surface area contributed by atoms with E-state index in [0.717, 1.165) is 37.5 Å². The number of ether oxygens (including phenoxy) is 1. The monoisotopic (exact) mass is 354 g/mol. The minimum absolute atomic E-state index is 0.000292. The van der Waals surface area contributed by atoms with E-state index in [2.05, 4.69) is 20.2 Å². The Kier molecular flexibility index (Phi) is 5.24. The van der Waals surface area contributed by atoms with Crippen LogP contribution in [0.4, 0.5) is 11.8 Å². The number of aryl methyl sites for hydroxylation is 1. The van der Waals surface area contributed by atoms with Gasteiger partial charge in [-0.25, -0.2) is 13.4 Å². The summed E-state index contributed by atoms with van der Waals surface area (Å²) < 4.78 is 29.2. The maximum absolute atomic E-state index is 11.8. The molecule has 1 aromatic rings. The van der Waals surface area contributed by atoms with Crippen LogP contribution in [-0.4, -0.2) is 61.7 Å². The summed E-state index contributed by atoms with van der Waals surface area (Å²) in [6.45, 7) is 6.21. The third-order valence-corrected chi connectivity index (χ3v) is 6.39. The number of rotatable bonds is 6. The van der Waals surface area contributed by atoms with Crippen molar-refractivity contribution in [1.82, 2.24) is 9.97 Å². The number of hydrogen-bond donors (Lipinski definition) is 1. The fourth-order valence-corrected chi connectivity index (χ4v) is 5.15. The minimum atomic E-state index is -2.92. The summed E-state index contributed by atoms with van der Waals surface area (Å²) in [4.78, 5) is 11.1. The van der Waals surface area contributed by atoms with Gasteiger partial charge in [-0.1, -0.05) is 0 Å². The maximum Gasteiger partial charge on any atom is 0.224 e. The Morgan fingerprint density at radius 3 is 2.83 bits per heavy atom. The molecule has 3 heterocycles. The van der Waals surface area contributed by atoms with Crippen LogP contribution in [0.2, 0.25) is 0 Å². The number of aromatic nitrogens is 2. The molecule has 0 spiro atoms. The van der Waals surface area contributed by atoms with Crippen LogP contribution >= 0.6 is 0 Å². The quantitative estimate of drug-likeness (QED) is 0.826. The fourth-order valence-electron chi connectivity index (χ4n) is 3.42. The molecular weight excluding hydrogens is 328 g/mol. The van der Waals surface area contributed by atoms with Crippen molar-refractivity contribution in [2.24, 2.45) is 0 Å². The van der Waals surface area contributed by atoms with Gasteiger partial charge in [0.15, 0.2) is 9.84 Å². The normalized spacial score (nSPS) is 25.8. The molecule has 1 aromatic heterocycles. The summed E-state index contributed by atoms with van der Waals surface area (Å²) >= 11 is 0. The van der Waals surface area contributed by atoms with Crippen molar-refractivity contribution in [1.29, 1.82) is 0 Å². The van der Waals surface area contributed by atoms with Crippen LogP contribution in [0, 0.1) is 6.92 Å². The lowest BCUT2D eigenvalue weighted by Gasteiger charge is -2.28. The SMILES string of the molecule is CCN(c1cc(C)nc(NCC2CCCO2)n1)C1CCS(=O)(=O)C1. The van der Waals surface area contributed by atoms with E-state index in [0.29, 0.717) is 18.9 Å². The van der Waals surface area contributed by atoms with E-state index in [9.17, 15) is 8.42 Å². The standard InChI is InChI=1S/C16H26N4O3S/c1-3-20(13-6-8-24(21,22)11-13)15-9-12(2)18-16(19-15)17-10-14-5-4-7-23-14/h9,13-14H,3-8,10-11H2,1-2H3,(H,17,18,19). The van der Waals surface area contributed by atoms with E-state index in [1.165, 1.54) is 0 Å². The highest BCUT2D eigenvalue weighted by molar-refractivity contribution is 7.91. The second-order valence-electron chi connectivity index (χ2n) is 6.55. The van der Waals surface area contributed by atoms with Crippen LogP contribution in [0.5, 0.6) is 0 Å². The molecule has 0 bridgehead atoms. The summed E-state index contributed by atoms with van der Waals surface area (Å²) in [7, 11) is -2.92. The zero-order chi connectivity index (χ0) is 17.2. The highest BCUT2D eigenvalue weighted by atomic mass is 32.2. The van der Waals surface area contributed by atoms with Crippen LogP contribution in [0.25, 0.3) is 0 Å². The van der Waals surface area contributed by atoms with Crippen LogP contribution in [0.3, 0.4) is 0 Å². The number of sulfone groups is 1. The van der Waals surface area contributed by atoms with Crippen molar-refractivity contribution in [2.75, 3.05) is 41.4 Å². The first-order valence-electron chi connectivity index (χ1n) is 8.65. The zero-order valence-corrected chi connectivity index (χ0v) is 15.2. The molecule has 2 fully saturated rings. The molecule has 2 atom stereocenters. The topological polar surface area (TPSA) is 84.4 Å². The average Bonchev–Trinajstić information content (AvgIpc) is 3.15. The van der Waals surface area contributed by atoms with Gasteiger partial charge in [-0.05, 0) is 33.1 Å². The van der Waals surface area contributed by atoms with Gasteiger partial charge in [-0.3, -0.25) is 0 Å². The number of anilines is 2. The van der Waals surface area contributed by atoms with Gasteiger partial charge in [0, 0.05) is 37.5 Å². The second-order valence-corrected chi connectivity index (χ2v) is 8.78. The Morgan fingerprint density at radius 1 is 1.38 bits per heavy atom. The third-order valence-electron chi connectivity index (χ3n) is 4.64. The van der Waals surface area contributed by atoms with Gasteiger partial charge in [-0.15, -0.1) is 0 Å². The Morgan fingerprint density at radius 2 is 2.21 bits per heavy atom. The molecule has 0 amide bonds. The summed E-state index contributed by atoms with van der Waals surface area (Å²) in [6, 6.07) is 1.92. The van der Waals surface area contributed by atoms with Gasteiger partial charge in [0.05, 0.1) is 17.6 Å².